The number of nitrogens with zero attached hydrogens (tertiary/aromatic N) is 3. The van der Waals surface area contributed by atoms with Gasteiger partial charge >= 0.3 is 0 Å². The van der Waals surface area contributed by atoms with Gasteiger partial charge in [0.2, 0.25) is 5.91 Å². The molecule has 7 heteroatoms. The summed E-state index contributed by atoms with van der Waals surface area (Å²) in [4.78, 5) is 25.3. The van der Waals surface area contributed by atoms with Crippen LogP contribution in [0.4, 0.5) is 5.82 Å². The number of nitrogens with one attached hydrogen (secondary N) is 1. The minimum atomic E-state index is -0.0502. The van der Waals surface area contributed by atoms with Crippen LogP contribution in [0.5, 0.6) is 0 Å². The Bertz CT molecular complexity index is 984. The molecule has 0 spiro atoms. The molecule has 2 heterocycles. The number of carbonyl (C=O) groups excluding carboxylic acids is 1. The maximum atomic E-state index is 12.8. The van der Waals surface area contributed by atoms with Crippen LogP contribution in [0.1, 0.15) is 18.4 Å². The van der Waals surface area contributed by atoms with Gasteiger partial charge in [-0.1, -0.05) is 58.0 Å². The zero-order valence-corrected chi connectivity index (χ0v) is 18.9. The third-order valence-electron chi connectivity index (χ3n) is 5.08. The second-order valence-electron chi connectivity index (χ2n) is 7.23. The highest BCUT2D eigenvalue weighted by molar-refractivity contribution is 9.10. The van der Waals surface area contributed by atoms with Crippen molar-refractivity contribution in [3.63, 3.8) is 0 Å². The summed E-state index contributed by atoms with van der Waals surface area (Å²) in [5.41, 5.74) is 1.09. The van der Waals surface area contributed by atoms with Gasteiger partial charge in [0.25, 0.3) is 0 Å². The van der Waals surface area contributed by atoms with Crippen molar-refractivity contribution in [1.82, 2.24) is 15.3 Å². The van der Waals surface area contributed by atoms with Crippen LogP contribution in [0.15, 0.2) is 81.4 Å². The van der Waals surface area contributed by atoms with Gasteiger partial charge in [0.1, 0.15) is 5.03 Å². The summed E-state index contributed by atoms with van der Waals surface area (Å²) in [6.45, 7) is 2.09. The fourth-order valence-corrected chi connectivity index (χ4v) is 4.69. The van der Waals surface area contributed by atoms with Crippen molar-refractivity contribution in [2.45, 2.75) is 29.3 Å². The average Bonchev–Trinajstić information content (AvgIpc) is 2.80. The average molecular weight is 483 g/mol. The number of rotatable bonds is 6. The molecule has 2 aromatic carbocycles. The van der Waals surface area contributed by atoms with Crippen molar-refractivity contribution < 1.29 is 4.79 Å². The summed E-state index contributed by atoms with van der Waals surface area (Å²) >= 11 is 5.04. The lowest BCUT2D eigenvalue weighted by molar-refractivity contribution is -0.125. The molecule has 154 valence electrons. The van der Waals surface area contributed by atoms with Crippen LogP contribution in [0, 0.1) is 5.92 Å². The molecule has 1 aromatic heterocycles. The van der Waals surface area contributed by atoms with E-state index in [2.05, 4.69) is 48.2 Å². The molecule has 4 rings (SSSR count). The Labute approximate surface area is 189 Å². The smallest absolute Gasteiger partial charge is 0.225 e. The monoisotopic (exact) mass is 482 g/mol. The van der Waals surface area contributed by atoms with E-state index in [4.69, 9.17) is 0 Å². The predicted octanol–water partition coefficient (Wildman–Crippen LogP) is 4.92. The molecular weight excluding hydrogens is 460 g/mol. The van der Waals surface area contributed by atoms with Gasteiger partial charge in [-0.15, -0.1) is 0 Å². The number of hydrogen-bond acceptors (Lipinski definition) is 5. The third kappa shape index (κ3) is 5.40. The van der Waals surface area contributed by atoms with E-state index >= 15 is 0 Å². The predicted molar refractivity (Wildman–Crippen MR) is 124 cm³/mol. The summed E-state index contributed by atoms with van der Waals surface area (Å²) in [7, 11) is 0. The Balaban J connectivity index is 1.41. The lowest BCUT2D eigenvalue weighted by Gasteiger charge is -2.33. The standard InChI is InChI=1S/C23H23BrN4OS/c24-19-10-8-17(9-11-19)15-27-22(29)18-5-4-14-28(16-18)21-23(26-13-12-25-21)30-20-6-2-1-3-7-20/h1-3,6-13,18H,4-5,14-16H2,(H,27,29). The molecule has 0 aliphatic carbocycles. The zero-order valence-electron chi connectivity index (χ0n) is 16.5. The minimum Gasteiger partial charge on any atom is -0.354 e. The van der Waals surface area contributed by atoms with Crippen LogP contribution < -0.4 is 10.2 Å². The molecule has 5 nitrogen and oxygen atoms in total. The Kier molecular flexibility index (Phi) is 7.02. The molecule has 1 atom stereocenters. The molecule has 0 saturated carbocycles. The summed E-state index contributed by atoms with van der Waals surface area (Å²) in [5.74, 6) is 0.909. The first-order chi connectivity index (χ1) is 14.7. The van der Waals surface area contributed by atoms with Crippen LogP contribution in [0.2, 0.25) is 0 Å². The highest BCUT2D eigenvalue weighted by Gasteiger charge is 2.28. The molecule has 1 N–H and O–H groups in total. The van der Waals surface area contributed by atoms with E-state index in [1.807, 2.05) is 42.5 Å². The number of aromatic nitrogens is 2. The van der Waals surface area contributed by atoms with Crippen molar-refractivity contribution >= 4 is 39.4 Å². The maximum absolute atomic E-state index is 12.8. The largest absolute Gasteiger partial charge is 0.354 e. The number of carbonyl (C=O) groups is 1. The molecule has 1 amide bonds. The van der Waals surface area contributed by atoms with E-state index in [0.717, 1.165) is 45.2 Å². The van der Waals surface area contributed by atoms with Gasteiger partial charge in [0.05, 0.1) is 5.92 Å². The van der Waals surface area contributed by atoms with Gasteiger partial charge in [0, 0.05) is 41.4 Å². The van der Waals surface area contributed by atoms with Crippen molar-refractivity contribution in [2.24, 2.45) is 5.92 Å². The van der Waals surface area contributed by atoms with Crippen molar-refractivity contribution in [3.05, 3.63) is 77.0 Å². The molecule has 1 saturated heterocycles. The van der Waals surface area contributed by atoms with E-state index in [0.29, 0.717) is 13.1 Å². The highest BCUT2D eigenvalue weighted by Crippen LogP contribution is 2.33. The van der Waals surface area contributed by atoms with E-state index < -0.39 is 0 Å². The molecule has 0 radical (unpaired) electrons. The summed E-state index contributed by atoms with van der Waals surface area (Å²) in [5, 5.41) is 3.97. The number of anilines is 1. The fourth-order valence-electron chi connectivity index (χ4n) is 3.53. The molecule has 0 bridgehead atoms. The van der Waals surface area contributed by atoms with Gasteiger partial charge in [-0.2, -0.15) is 0 Å². The first-order valence-electron chi connectivity index (χ1n) is 10.00. The Morgan fingerprint density at radius 1 is 1.10 bits per heavy atom. The van der Waals surface area contributed by atoms with Gasteiger partial charge in [-0.25, -0.2) is 9.97 Å². The van der Waals surface area contributed by atoms with E-state index in [1.165, 1.54) is 0 Å². The SMILES string of the molecule is O=C(NCc1ccc(Br)cc1)C1CCCN(c2nccnc2Sc2ccccc2)C1. The molecule has 1 unspecified atom stereocenters. The van der Waals surface area contributed by atoms with Crippen LogP contribution in [0.25, 0.3) is 0 Å². The molecule has 1 fully saturated rings. The molecular formula is C23H23BrN4OS. The first kappa shape index (κ1) is 20.9. The van der Waals surface area contributed by atoms with Crippen LogP contribution in [0.3, 0.4) is 0 Å². The second kappa shape index (κ2) is 10.1. The first-order valence-corrected chi connectivity index (χ1v) is 11.6. The highest BCUT2D eigenvalue weighted by atomic mass is 79.9. The van der Waals surface area contributed by atoms with E-state index in [9.17, 15) is 4.79 Å². The van der Waals surface area contributed by atoms with Gasteiger partial charge < -0.3 is 10.2 Å². The summed E-state index contributed by atoms with van der Waals surface area (Å²) in [6, 6.07) is 18.2. The molecule has 1 aliphatic rings. The van der Waals surface area contributed by atoms with Gasteiger partial charge in [-0.05, 0) is 42.7 Å². The molecule has 3 aromatic rings. The Hall–Kier alpha value is -2.38. The maximum Gasteiger partial charge on any atom is 0.225 e. The van der Waals surface area contributed by atoms with Crippen molar-refractivity contribution in [3.8, 4) is 0 Å². The van der Waals surface area contributed by atoms with Gasteiger partial charge in [-0.3, -0.25) is 4.79 Å². The zero-order chi connectivity index (χ0) is 20.8. The Morgan fingerprint density at radius 3 is 2.67 bits per heavy atom. The number of amides is 1. The topological polar surface area (TPSA) is 58.1 Å². The number of hydrogen-bond donors (Lipinski definition) is 1. The van der Waals surface area contributed by atoms with Crippen LogP contribution in [-0.2, 0) is 11.3 Å². The van der Waals surface area contributed by atoms with Crippen LogP contribution >= 0.6 is 27.7 Å². The number of halogens is 1. The lowest BCUT2D eigenvalue weighted by atomic mass is 9.97. The normalized spacial score (nSPS) is 16.3. The molecule has 30 heavy (non-hydrogen) atoms. The summed E-state index contributed by atoms with van der Waals surface area (Å²) < 4.78 is 1.04. The minimum absolute atomic E-state index is 0.0502. The molecule has 1 aliphatic heterocycles. The lowest BCUT2D eigenvalue weighted by Crippen LogP contribution is -2.43. The fraction of sp³-hybridized carbons (Fsp3) is 0.261. The van der Waals surface area contributed by atoms with Crippen molar-refractivity contribution in [2.75, 3.05) is 18.0 Å². The van der Waals surface area contributed by atoms with Crippen molar-refractivity contribution in [1.29, 1.82) is 0 Å². The number of benzene rings is 2. The quantitative estimate of drug-likeness (QED) is 0.539. The Morgan fingerprint density at radius 2 is 1.87 bits per heavy atom. The van der Waals surface area contributed by atoms with Crippen LogP contribution in [-0.4, -0.2) is 29.0 Å². The third-order valence-corrected chi connectivity index (χ3v) is 6.59. The summed E-state index contributed by atoms with van der Waals surface area (Å²) in [6.07, 6.45) is 5.30. The van der Waals surface area contributed by atoms with E-state index in [-0.39, 0.29) is 11.8 Å². The second-order valence-corrected chi connectivity index (χ2v) is 9.21. The number of piperidine rings is 1. The van der Waals surface area contributed by atoms with E-state index in [1.54, 1.807) is 24.2 Å². The van der Waals surface area contributed by atoms with Gasteiger partial charge in [0.15, 0.2) is 5.82 Å².